The van der Waals surface area contributed by atoms with Crippen LogP contribution in [0.1, 0.15) is 12.0 Å². The average Bonchev–Trinajstić information content (AvgIpc) is 2.67. The van der Waals surface area contributed by atoms with Crippen molar-refractivity contribution in [3.8, 4) is 6.07 Å². The molecule has 1 amide bonds. The molecule has 1 unspecified atom stereocenters. The first kappa shape index (κ1) is 10.2. The van der Waals surface area contributed by atoms with Crippen LogP contribution >= 0.6 is 0 Å². The van der Waals surface area contributed by atoms with Gasteiger partial charge in [-0.15, -0.1) is 0 Å². The van der Waals surface area contributed by atoms with E-state index in [9.17, 15) is 4.79 Å². The molecule has 6 nitrogen and oxygen atoms in total. The summed E-state index contributed by atoms with van der Waals surface area (Å²) < 4.78 is 0. The van der Waals surface area contributed by atoms with Crippen molar-refractivity contribution in [1.29, 1.82) is 5.26 Å². The van der Waals surface area contributed by atoms with Crippen LogP contribution in [0.15, 0.2) is 12.3 Å². The highest BCUT2D eigenvalue weighted by molar-refractivity contribution is 5.80. The summed E-state index contributed by atoms with van der Waals surface area (Å²) in [5, 5.41) is 14.4. The van der Waals surface area contributed by atoms with Crippen LogP contribution < -0.4 is 16.4 Å². The highest BCUT2D eigenvalue weighted by Gasteiger charge is 2.21. The van der Waals surface area contributed by atoms with Gasteiger partial charge in [0.05, 0.1) is 17.3 Å². The lowest BCUT2D eigenvalue weighted by Gasteiger charge is -2.12. The second-order valence-electron chi connectivity index (χ2n) is 3.62. The van der Waals surface area contributed by atoms with Gasteiger partial charge in [0.15, 0.2) is 0 Å². The molecule has 1 aromatic rings. The van der Waals surface area contributed by atoms with Crippen LogP contribution in [-0.2, 0) is 4.79 Å². The molecule has 1 aliphatic heterocycles. The van der Waals surface area contributed by atoms with Gasteiger partial charge in [-0.2, -0.15) is 5.26 Å². The molecule has 2 rings (SSSR count). The van der Waals surface area contributed by atoms with Crippen molar-refractivity contribution >= 4 is 17.4 Å². The SMILES string of the molecule is N#Cc1cnc(NC2CNC(=O)C2)c(N)c1. The predicted molar refractivity (Wildman–Crippen MR) is 58.4 cm³/mol. The lowest BCUT2D eigenvalue weighted by atomic mass is 10.2. The minimum absolute atomic E-state index is 0.00948. The molecule has 1 atom stereocenters. The molecule has 0 spiro atoms. The zero-order chi connectivity index (χ0) is 11.5. The topological polar surface area (TPSA) is 104 Å². The first-order valence-electron chi connectivity index (χ1n) is 4.88. The Kier molecular flexibility index (Phi) is 2.60. The Labute approximate surface area is 92.5 Å². The average molecular weight is 217 g/mol. The zero-order valence-electron chi connectivity index (χ0n) is 8.53. The van der Waals surface area contributed by atoms with Gasteiger partial charge in [-0.25, -0.2) is 4.98 Å². The second kappa shape index (κ2) is 4.06. The summed E-state index contributed by atoms with van der Waals surface area (Å²) >= 11 is 0. The van der Waals surface area contributed by atoms with Crippen molar-refractivity contribution in [2.45, 2.75) is 12.5 Å². The summed E-state index contributed by atoms with van der Waals surface area (Å²) in [6, 6.07) is 3.52. The molecule has 1 aromatic heterocycles. The number of nitriles is 1. The molecule has 1 aliphatic rings. The van der Waals surface area contributed by atoms with E-state index in [4.69, 9.17) is 11.0 Å². The number of amides is 1. The minimum Gasteiger partial charge on any atom is -0.396 e. The maximum Gasteiger partial charge on any atom is 0.222 e. The molecular formula is C10H11N5O. The summed E-state index contributed by atoms with van der Waals surface area (Å²) in [7, 11) is 0. The zero-order valence-corrected chi connectivity index (χ0v) is 8.53. The Morgan fingerprint density at radius 1 is 1.69 bits per heavy atom. The van der Waals surface area contributed by atoms with E-state index in [2.05, 4.69) is 15.6 Å². The molecule has 0 aromatic carbocycles. The van der Waals surface area contributed by atoms with Gasteiger partial charge in [-0.05, 0) is 6.07 Å². The predicted octanol–water partition coefficient (Wildman–Crippen LogP) is -0.164. The second-order valence-corrected chi connectivity index (χ2v) is 3.62. The van der Waals surface area contributed by atoms with Crippen molar-refractivity contribution in [3.05, 3.63) is 17.8 Å². The molecule has 0 saturated carbocycles. The van der Waals surface area contributed by atoms with Gasteiger partial charge in [0.2, 0.25) is 5.91 Å². The molecule has 0 radical (unpaired) electrons. The third-order valence-corrected chi connectivity index (χ3v) is 2.36. The van der Waals surface area contributed by atoms with Gasteiger partial charge in [0.25, 0.3) is 0 Å². The van der Waals surface area contributed by atoms with E-state index in [1.54, 1.807) is 6.07 Å². The van der Waals surface area contributed by atoms with Crippen molar-refractivity contribution in [2.24, 2.45) is 0 Å². The van der Waals surface area contributed by atoms with Crippen molar-refractivity contribution in [2.75, 3.05) is 17.6 Å². The summed E-state index contributed by atoms with van der Waals surface area (Å²) in [5.74, 6) is 0.533. The van der Waals surface area contributed by atoms with Gasteiger partial charge in [-0.1, -0.05) is 0 Å². The Bertz CT molecular complexity index is 465. The number of rotatable bonds is 2. The fourth-order valence-corrected chi connectivity index (χ4v) is 1.56. The summed E-state index contributed by atoms with van der Waals surface area (Å²) in [4.78, 5) is 15.0. The molecule has 2 heterocycles. The van der Waals surface area contributed by atoms with E-state index in [1.807, 2.05) is 6.07 Å². The Morgan fingerprint density at radius 3 is 3.06 bits per heavy atom. The first-order valence-corrected chi connectivity index (χ1v) is 4.88. The van der Waals surface area contributed by atoms with Crippen LogP contribution in [-0.4, -0.2) is 23.5 Å². The molecule has 1 fully saturated rings. The van der Waals surface area contributed by atoms with Crippen LogP contribution in [0, 0.1) is 11.3 Å². The van der Waals surface area contributed by atoms with Gasteiger partial charge >= 0.3 is 0 Å². The Hall–Kier alpha value is -2.29. The van der Waals surface area contributed by atoms with E-state index in [0.29, 0.717) is 30.0 Å². The summed E-state index contributed by atoms with van der Waals surface area (Å²) in [5.41, 5.74) is 6.56. The molecule has 4 N–H and O–H groups in total. The summed E-state index contributed by atoms with van der Waals surface area (Å²) in [6.45, 7) is 0.569. The number of aromatic nitrogens is 1. The van der Waals surface area contributed by atoms with E-state index in [-0.39, 0.29) is 11.9 Å². The maximum atomic E-state index is 11.0. The number of anilines is 2. The highest BCUT2D eigenvalue weighted by atomic mass is 16.1. The number of hydrogen-bond acceptors (Lipinski definition) is 5. The summed E-state index contributed by atoms with van der Waals surface area (Å²) in [6.07, 6.45) is 1.87. The van der Waals surface area contributed by atoms with Crippen LogP contribution in [0.2, 0.25) is 0 Å². The van der Waals surface area contributed by atoms with Gasteiger partial charge < -0.3 is 16.4 Å². The monoisotopic (exact) mass is 217 g/mol. The Balaban J connectivity index is 2.10. The third kappa shape index (κ3) is 2.03. The fourth-order valence-electron chi connectivity index (χ4n) is 1.56. The lowest BCUT2D eigenvalue weighted by Crippen LogP contribution is -2.23. The van der Waals surface area contributed by atoms with Gasteiger partial charge in [-0.3, -0.25) is 4.79 Å². The highest BCUT2D eigenvalue weighted by Crippen LogP contribution is 2.18. The molecular weight excluding hydrogens is 206 g/mol. The lowest BCUT2D eigenvalue weighted by molar-refractivity contribution is -0.119. The number of carbonyl (C=O) groups excluding carboxylic acids is 1. The number of nitrogens with two attached hydrogens (primary N) is 1. The van der Waals surface area contributed by atoms with Gasteiger partial charge in [0.1, 0.15) is 11.9 Å². The molecule has 1 saturated heterocycles. The normalized spacial score (nSPS) is 18.9. The maximum absolute atomic E-state index is 11.0. The minimum atomic E-state index is 0.00948. The molecule has 0 aliphatic carbocycles. The van der Waals surface area contributed by atoms with Crippen molar-refractivity contribution in [3.63, 3.8) is 0 Å². The quantitative estimate of drug-likeness (QED) is 0.638. The number of nitrogen functional groups attached to an aromatic ring is 1. The molecule has 16 heavy (non-hydrogen) atoms. The van der Waals surface area contributed by atoms with Crippen LogP contribution in [0.5, 0.6) is 0 Å². The third-order valence-electron chi connectivity index (χ3n) is 2.36. The molecule has 6 heteroatoms. The number of nitrogens with one attached hydrogen (secondary N) is 2. The first-order chi connectivity index (χ1) is 7.69. The van der Waals surface area contributed by atoms with E-state index in [0.717, 1.165) is 0 Å². The number of hydrogen-bond donors (Lipinski definition) is 3. The van der Waals surface area contributed by atoms with Crippen LogP contribution in [0.3, 0.4) is 0 Å². The van der Waals surface area contributed by atoms with Crippen molar-refractivity contribution < 1.29 is 4.79 Å². The smallest absolute Gasteiger partial charge is 0.222 e. The van der Waals surface area contributed by atoms with Crippen LogP contribution in [0.4, 0.5) is 11.5 Å². The molecule has 82 valence electrons. The van der Waals surface area contributed by atoms with E-state index in [1.165, 1.54) is 6.20 Å². The van der Waals surface area contributed by atoms with E-state index >= 15 is 0 Å². The van der Waals surface area contributed by atoms with Crippen molar-refractivity contribution in [1.82, 2.24) is 10.3 Å². The Morgan fingerprint density at radius 2 is 2.50 bits per heavy atom. The standard InChI is InChI=1S/C10H11N5O/c11-3-6-1-8(12)10(14-4-6)15-7-2-9(16)13-5-7/h1,4,7H,2,5,12H2,(H,13,16)(H,14,15). The van der Waals surface area contributed by atoms with Crippen LogP contribution in [0.25, 0.3) is 0 Å². The van der Waals surface area contributed by atoms with E-state index < -0.39 is 0 Å². The van der Waals surface area contributed by atoms with Gasteiger partial charge in [0, 0.05) is 19.2 Å². The number of carbonyl (C=O) groups is 1. The fraction of sp³-hybridized carbons (Fsp3) is 0.300. The molecule has 0 bridgehead atoms. The number of pyridine rings is 1. The largest absolute Gasteiger partial charge is 0.396 e. The number of nitrogens with zero attached hydrogens (tertiary/aromatic N) is 2.